The summed E-state index contributed by atoms with van der Waals surface area (Å²) >= 11 is 13.6. The van der Waals surface area contributed by atoms with Gasteiger partial charge in [0.1, 0.15) is 0 Å². The maximum atomic E-state index is 11.7. The number of rotatable bonds is 4. The fourth-order valence-electron chi connectivity index (χ4n) is 1.10. The third-order valence-electron chi connectivity index (χ3n) is 1.86. The van der Waals surface area contributed by atoms with Crippen molar-refractivity contribution in [3.8, 4) is 0 Å². The minimum atomic E-state index is -0.968. The summed E-state index contributed by atoms with van der Waals surface area (Å²) in [6, 6.07) is 3.03. The van der Waals surface area contributed by atoms with Gasteiger partial charge in [-0.2, -0.15) is 0 Å². The van der Waals surface area contributed by atoms with Crippen molar-refractivity contribution < 1.29 is 14.7 Å². The zero-order chi connectivity index (χ0) is 13.0. The Bertz CT molecular complexity index is 465. The first kappa shape index (κ1) is 14.5. The van der Waals surface area contributed by atoms with E-state index in [9.17, 15) is 9.59 Å². The number of hydrogen-bond acceptors (Lipinski definition) is 2. The van der Waals surface area contributed by atoms with Crippen LogP contribution in [0.2, 0.25) is 10.0 Å². The van der Waals surface area contributed by atoms with Crippen molar-refractivity contribution in [2.75, 3.05) is 6.54 Å². The van der Waals surface area contributed by atoms with Gasteiger partial charge in [-0.05, 0) is 34.7 Å². The maximum absolute atomic E-state index is 11.7. The van der Waals surface area contributed by atoms with E-state index in [1.165, 1.54) is 6.07 Å². The van der Waals surface area contributed by atoms with E-state index >= 15 is 0 Å². The van der Waals surface area contributed by atoms with Crippen LogP contribution in [0.3, 0.4) is 0 Å². The second-order valence-corrected chi connectivity index (χ2v) is 5.07. The molecule has 0 heterocycles. The van der Waals surface area contributed by atoms with Gasteiger partial charge in [0.15, 0.2) is 0 Å². The standard InChI is InChI=1S/C10H8Cl2INO3/c11-5-3-6(9(13)7(12)4-5)10(17)14-2-1-8(15)16/h3-4H,1-2H2,(H,14,17)(H,15,16). The number of carbonyl (C=O) groups excluding carboxylic acids is 1. The number of hydrogen-bond donors (Lipinski definition) is 2. The Morgan fingerprint density at radius 3 is 2.59 bits per heavy atom. The zero-order valence-corrected chi connectivity index (χ0v) is 12.1. The molecule has 0 spiro atoms. The zero-order valence-electron chi connectivity index (χ0n) is 8.47. The molecule has 0 aliphatic carbocycles. The Morgan fingerprint density at radius 1 is 1.35 bits per heavy atom. The van der Waals surface area contributed by atoms with Crippen molar-refractivity contribution in [3.63, 3.8) is 0 Å². The molecule has 1 aromatic rings. The minimum absolute atomic E-state index is 0.0639. The van der Waals surface area contributed by atoms with Gasteiger partial charge in [0, 0.05) is 15.1 Å². The van der Waals surface area contributed by atoms with Crippen LogP contribution in [0.15, 0.2) is 12.1 Å². The first-order valence-corrected chi connectivity index (χ1v) is 6.40. The molecule has 0 aliphatic heterocycles. The molecule has 1 aromatic carbocycles. The van der Waals surface area contributed by atoms with Crippen molar-refractivity contribution in [1.82, 2.24) is 5.32 Å². The van der Waals surface area contributed by atoms with Crippen LogP contribution in [0, 0.1) is 3.57 Å². The fraction of sp³-hybridized carbons (Fsp3) is 0.200. The highest BCUT2D eigenvalue weighted by molar-refractivity contribution is 14.1. The quantitative estimate of drug-likeness (QED) is 0.616. The van der Waals surface area contributed by atoms with Gasteiger partial charge in [0.2, 0.25) is 0 Å². The van der Waals surface area contributed by atoms with Crippen molar-refractivity contribution in [3.05, 3.63) is 31.3 Å². The Labute approximate surface area is 121 Å². The predicted molar refractivity (Wildman–Crippen MR) is 73.8 cm³/mol. The minimum Gasteiger partial charge on any atom is -0.481 e. The second-order valence-electron chi connectivity index (χ2n) is 3.15. The van der Waals surface area contributed by atoms with Crippen LogP contribution in [-0.2, 0) is 4.79 Å². The monoisotopic (exact) mass is 387 g/mol. The summed E-state index contributed by atoms with van der Waals surface area (Å²) in [7, 11) is 0. The molecule has 0 aromatic heterocycles. The van der Waals surface area contributed by atoms with E-state index < -0.39 is 5.97 Å². The van der Waals surface area contributed by atoms with Gasteiger partial charge >= 0.3 is 5.97 Å². The van der Waals surface area contributed by atoms with Gasteiger partial charge in [-0.1, -0.05) is 23.2 Å². The molecule has 17 heavy (non-hydrogen) atoms. The molecule has 0 aliphatic rings. The molecule has 0 saturated carbocycles. The van der Waals surface area contributed by atoms with E-state index in [2.05, 4.69) is 5.32 Å². The largest absolute Gasteiger partial charge is 0.481 e. The van der Waals surface area contributed by atoms with E-state index in [1.807, 2.05) is 22.6 Å². The lowest BCUT2D eigenvalue weighted by atomic mass is 10.2. The maximum Gasteiger partial charge on any atom is 0.305 e. The van der Waals surface area contributed by atoms with Crippen LogP contribution in [0.25, 0.3) is 0 Å². The van der Waals surface area contributed by atoms with E-state index in [-0.39, 0.29) is 18.9 Å². The third kappa shape index (κ3) is 4.33. The smallest absolute Gasteiger partial charge is 0.305 e. The average molecular weight is 388 g/mol. The Balaban J connectivity index is 2.78. The number of carboxylic acid groups (broad SMARTS) is 1. The lowest BCUT2D eigenvalue weighted by Gasteiger charge is -2.07. The van der Waals surface area contributed by atoms with E-state index in [0.29, 0.717) is 19.2 Å². The van der Waals surface area contributed by atoms with Crippen LogP contribution in [0.4, 0.5) is 0 Å². The molecule has 92 valence electrons. The summed E-state index contributed by atoms with van der Waals surface area (Å²) in [5, 5.41) is 11.7. The molecule has 0 unspecified atom stereocenters. The number of halogens is 3. The topological polar surface area (TPSA) is 66.4 Å². The molecule has 1 rings (SSSR count). The van der Waals surface area contributed by atoms with Crippen molar-refractivity contribution >= 4 is 57.7 Å². The summed E-state index contributed by atoms with van der Waals surface area (Å²) in [6.45, 7) is 0.0639. The second kappa shape index (κ2) is 6.42. The third-order valence-corrected chi connectivity index (χ3v) is 3.86. The van der Waals surface area contributed by atoms with E-state index in [1.54, 1.807) is 6.07 Å². The molecular weight excluding hydrogens is 380 g/mol. The molecule has 7 heteroatoms. The van der Waals surface area contributed by atoms with Gasteiger partial charge in [0.25, 0.3) is 5.91 Å². The molecule has 0 fully saturated rings. The van der Waals surface area contributed by atoms with E-state index in [4.69, 9.17) is 28.3 Å². The molecule has 4 nitrogen and oxygen atoms in total. The van der Waals surface area contributed by atoms with Crippen molar-refractivity contribution in [2.45, 2.75) is 6.42 Å². The summed E-state index contributed by atoms with van der Waals surface area (Å²) < 4.78 is 0.585. The molecule has 0 saturated heterocycles. The highest BCUT2D eigenvalue weighted by Crippen LogP contribution is 2.26. The first-order valence-electron chi connectivity index (χ1n) is 4.56. The normalized spacial score (nSPS) is 10.1. The molecule has 0 bridgehead atoms. The van der Waals surface area contributed by atoms with Gasteiger partial charge in [-0.15, -0.1) is 0 Å². The van der Waals surface area contributed by atoms with E-state index in [0.717, 1.165) is 0 Å². The van der Waals surface area contributed by atoms with Crippen LogP contribution in [0.1, 0.15) is 16.8 Å². The van der Waals surface area contributed by atoms with Gasteiger partial charge < -0.3 is 10.4 Å². The number of aliphatic carboxylic acids is 1. The van der Waals surface area contributed by atoms with Crippen molar-refractivity contribution in [2.24, 2.45) is 0 Å². The van der Waals surface area contributed by atoms with Gasteiger partial charge in [-0.25, -0.2) is 0 Å². The Morgan fingerprint density at radius 2 is 2.00 bits per heavy atom. The Hall–Kier alpha value is -0.530. The summed E-state index contributed by atoms with van der Waals surface area (Å²) in [6.07, 6.45) is -0.128. The van der Waals surface area contributed by atoms with Crippen molar-refractivity contribution in [1.29, 1.82) is 0 Å². The van der Waals surface area contributed by atoms with Gasteiger partial charge in [-0.3, -0.25) is 9.59 Å². The lowest BCUT2D eigenvalue weighted by Crippen LogP contribution is -2.26. The van der Waals surface area contributed by atoms with Crippen LogP contribution >= 0.6 is 45.8 Å². The van der Waals surface area contributed by atoms with Crippen LogP contribution in [0.5, 0.6) is 0 Å². The number of carbonyl (C=O) groups is 2. The van der Waals surface area contributed by atoms with Crippen LogP contribution in [-0.4, -0.2) is 23.5 Å². The number of carboxylic acids is 1. The first-order chi connectivity index (χ1) is 7.91. The highest BCUT2D eigenvalue weighted by Gasteiger charge is 2.13. The molecule has 2 N–H and O–H groups in total. The summed E-state index contributed by atoms with van der Waals surface area (Å²) in [5.74, 6) is -1.36. The lowest BCUT2D eigenvalue weighted by molar-refractivity contribution is -0.136. The summed E-state index contributed by atoms with van der Waals surface area (Å²) in [4.78, 5) is 22.0. The van der Waals surface area contributed by atoms with Gasteiger partial charge in [0.05, 0.1) is 17.0 Å². The fourth-order valence-corrected chi connectivity index (χ4v) is 2.15. The Kier molecular flexibility index (Phi) is 5.48. The predicted octanol–water partition coefficient (Wildman–Crippen LogP) is 2.80. The number of benzene rings is 1. The summed E-state index contributed by atoms with van der Waals surface area (Å²) in [5.41, 5.74) is 0.341. The molecule has 0 atom stereocenters. The SMILES string of the molecule is O=C(O)CCNC(=O)c1cc(Cl)cc(Cl)c1I. The molecule has 1 amide bonds. The number of nitrogens with one attached hydrogen (secondary N) is 1. The number of amides is 1. The highest BCUT2D eigenvalue weighted by atomic mass is 127. The molecule has 0 radical (unpaired) electrons. The van der Waals surface area contributed by atoms with Crippen LogP contribution < -0.4 is 5.32 Å². The average Bonchev–Trinajstić information content (AvgIpc) is 2.22. The molecular formula is C10H8Cl2INO3.